The Morgan fingerprint density at radius 3 is 2.53 bits per heavy atom. The molecule has 58 heavy (non-hydrogen) atoms. The van der Waals surface area contributed by atoms with Gasteiger partial charge in [-0.15, -0.1) is 6.58 Å². The van der Waals surface area contributed by atoms with Gasteiger partial charge in [-0.05, 0) is 75.0 Å². The number of fused-ring (bicyclic) bond motifs is 2. The first-order valence-electron chi connectivity index (χ1n) is 19.7. The molecule has 3 amide bonds. The second-order valence-electron chi connectivity index (χ2n) is 17.3. The van der Waals surface area contributed by atoms with Gasteiger partial charge in [0.25, 0.3) is 6.01 Å². The number of nitrogens with zero attached hydrogens (tertiary/aromatic N) is 2. The molecule has 3 aliphatic carbocycles. The van der Waals surface area contributed by atoms with Gasteiger partial charge in [0, 0.05) is 23.9 Å². The van der Waals surface area contributed by atoms with Crippen LogP contribution in [0.2, 0.25) is 5.02 Å². The van der Waals surface area contributed by atoms with Crippen molar-refractivity contribution in [3.63, 3.8) is 0 Å². The number of aldehydes is 1. The summed E-state index contributed by atoms with van der Waals surface area (Å²) in [6.07, 6.45) is 6.57. The molecule has 1 aromatic carbocycles. The first-order chi connectivity index (χ1) is 27.5. The molecule has 17 heteroatoms. The molecule has 3 saturated carbocycles. The standard InChI is InChI=1S/C41H51ClN6O10/c1-7-23-17-41(23,37(52)53)47-35(50)29-15-25(18-48(29)36(51)34(40(4,5)6)46-39(54)58-24-13-21-12-22(21)14-24)57-31-16-27(28-19-56-38(45-28)43-20(2)3)44-33-26(31)8-9-30(32(33)42)55-11-10-49/h7-10,16,19-25,27,29,34,44H,1,11-15,17-18H2,2-6H3,(H,43,45)(H,46,54)(H,47,50)(H,52,53)/t21-,22+,23-,24?,25-,27?,29+,34-,41?/m1/s1. The first-order valence-corrected chi connectivity index (χ1v) is 20.1. The quantitative estimate of drug-likeness (QED) is 0.114. The van der Waals surface area contributed by atoms with Gasteiger partial charge in [0.05, 0.1) is 18.3 Å². The van der Waals surface area contributed by atoms with Crippen LogP contribution in [0.4, 0.5) is 16.5 Å². The van der Waals surface area contributed by atoms with E-state index in [1.807, 2.05) is 13.8 Å². The third-order valence-electron chi connectivity index (χ3n) is 11.6. The lowest BCUT2D eigenvalue weighted by Crippen LogP contribution is -2.59. The second kappa shape index (κ2) is 15.8. The Morgan fingerprint density at radius 1 is 1.16 bits per heavy atom. The van der Waals surface area contributed by atoms with Crippen molar-refractivity contribution < 1.29 is 47.7 Å². The number of hydrogen-bond acceptors (Lipinski definition) is 12. The number of carboxylic acid groups (broad SMARTS) is 1. The van der Waals surface area contributed by atoms with Crippen LogP contribution in [0.1, 0.15) is 84.0 Å². The van der Waals surface area contributed by atoms with Crippen molar-refractivity contribution in [1.29, 1.82) is 0 Å². The summed E-state index contributed by atoms with van der Waals surface area (Å²) in [5.41, 5.74) is -0.910. The van der Waals surface area contributed by atoms with Gasteiger partial charge in [0.15, 0.2) is 6.29 Å². The number of rotatable bonds is 15. The first kappa shape index (κ1) is 40.9. The summed E-state index contributed by atoms with van der Waals surface area (Å²) < 4.78 is 23.7. The van der Waals surface area contributed by atoms with Gasteiger partial charge in [-0.2, -0.15) is 4.98 Å². The van der Waals surface area contributed by atoms with Crippen molar-refractivity contribution in [2.45, 2.75) is 109 Å². The molecule has 2 aromatic rings. The zero-order chi connectivity index (χ0) is 41.7. The third-order valence-corrected chi connectivity index (χ3v) is 11.9. The maximum absolute atomic E-state index is 14.7. The smallest absolute Gasteiger partial charge is 0.408 e. The number of alkyl carbamates (subject to hydrolysis) is 1. The number of carboxylic acids is 1. The highest BCUT2D eigenvalue weighted by Crippen LogP contribution is 2.52. The monoisotopic (exact) mass is 822 g/mol. The van der Waals surface area contributed by atoms with E-state index >= 15 is 0 Å². The maximum Gasteiger partial charge on any atom is 0.408 e. The number of oxazole rings is 1. The molecule has 4 fully saturated rings. The largest absolute Gasteiger partial charge is 0.488 e. The molecule has 1 saturated heterocycles. The van der Waals surface area contributed by atoms with E-state index in [4.69, 9.17) is 30.2 Å². The molecule has 9 atom stereocenters. The van der Waals surface area contributed by atoms with Crippen molar-refractivity contribution in [3.8, 4) is 5.75 Å². The number of likely N-dealkylation sites (tertiary alicyclic amines) is 1. The highest BCUT2D eigenvalue weighted by Gasteiger charge is 2.61. The number of carbonyl (C=O) groups excluding carboxylic acids is 4. The number of hydrogen-bond donors (Lipinski definition) is 5. The minimum Gasteiger partial charge on any atom is -0.488 e. The Balaban J connectivity index is 1.18. The fourth-order valence-corrected chi connectivity index (χ4v) is 8.60. The Kier molecular flexibility index (Phi) is 11.2. The number of aliphatic carboxylic acids is 1. The zero-order valence-corrected chi connectivity index (χ0v) is 34.0. The number of aromatic nitrogens is 1. The number of benzene rings is 1. The van der Waals surface area contributed by atoms with E-state index in [9.17, 15) is 29.1 Å². The summed E-state index contributed by atoms with van der Waals surface area (Å²) in [4.78, 5) is 71.6. The molecule has 1 aromatic heterocycles. The third kappa shape index (κ3) is 8.34. The molecule has 0 radical (unpaired) electrons. The van der Waals surface area contributed by atoms with E-state index in [0.29, 0.717) is 46.8 Å². The lowest BCUT2D eigenvalue weighted by molar-refractivity contribution is -0.146. The van der Waals surface area contributed by atoms with Crippen molar-refractivity contribution in [2.75, 3.05) is 23.8 Å². The minimum absolute atomic E-state index is 0.0103. The lowest BCUT2D eigenvalue weighted by atomic mass is 9.85. The summed E-state index contributed by atoms with van der Waals surface area (Å²) in [6.45, 7) is 12.7. The van der Waals surface area contributed by atoms with Crippen LogP contribution in [0.5, 0.6) is 5.75 Å². The van der Waals surface area contributed by atoms with Gasteiger partial charge < -0.3 is 49.9 Å². The molecular formula is C41H51ClN6O10. The molecule has 0 bridgehead atoms. The fourth-order valence-electron chi connectivity index (χ4n) is 8.33. The van der Waals surface area contributed by atoms with Crippen LogP contribution in [0, 0.1) is 23.2 Å². The van der Waals surface area contributed by atoms with E-state index in [-0.39, 0.29) is 48.9 Å². The predicted molar refractivity (Wildman–Crippen MR) is 212 cm³/mol. The summed E-state index contributed by atoms with van der Waals surface area (Å²) in [5.74, 6) is -1.13. The molecule has 16 nitrogen and oxygen atoms in total. The highest BCUT2D eigenvalue weighted by atomic mass is 35.5. The van der Waals surface area contributed by atoms with Gasteiger partial charge in [-0.3, -0.25) is 14.4 Å². The van der Waals surface area contributed by atoms with Crippen LogP contribution in [-0.2, 0) is 28.7 Å². The Bertz CT molecular complexity index is 2000. The van der Waals surface area contributed by atoms with Gasteiger partial charge in [0.1, 0.15) is 64.9 Å². The van der Waals surface area contributed by atoms with Crippen molar-refractivity contribution in [2.24, 2.45) is 23.2 Å². The molecule has 312 valence electrons. The summed E-state index contributed by atoms with van der Waals surface area (Å²) >= 11 is 6.85. The van der Waals surface area contributed by atoms with Crippen molar-refractivity contribution in [3.05, 3.63) is 53.4 Å². The number of nitrogens with one attached hydrogen (secondary N) is 4. The molecule has 0 spiro atoms. The Labute approximate surface area is 341 Å². The summed E-state index contributed by atoms with van der Waals surface area (Å²) in [7, 11) is 0. The van der Waals surface area contributed by atoms with Crippen LogP contribution < -0.4 is 26.0 Å². The Hall–Kier alpha value is -5.25. The van der Waals surface area contributed by atoms with Crippen LogP contribution in [0.25, 0.3) is 5.76 Å². The van der Waals surface area contributed by atoms with Crippen LogP contribution in [0.15, 0.2) is 41.5 Å². The molecule has 2 aliphatic heterocycles. The second-order valence-corrected chi connectivity index (χ2v) is 17.7. The molecule has 5 N–H and O–H groups in total. The average Bonchev–Trinajstić information content (AvgIpc) is 3.83. The van der Waals surface area contributed by atoms with Crippen molar-refractivity contribution >= 4 is 59.2 Å². The molecule has 3 unspecified atom stereocenters. The van der Waals surface area contributed by atoms with Crippen LogP contribution in [-0.4, -0.2) is 94.2 Å². The summed E-state index contributed by atoms with van der Waals surface area (Å²) in [6, 6.07) is 0.785. The SMILES string of the molecule is C=C[C@@H]1CC1(NC(=O)[C@@H]1C[C@@H](OC2=CC(c3coc(NC(C)C)n3)Nc3c2ccc(OCC=O)c3Cl)CN1C(=O)[C@@H](NC(=O)OC1C[C@@H]2C[C@@H]2C1)C(C)(C)C)C(=O)O. The molecule has 7 rings (SSSR count). The number of carbonyl (C=O) groups is 5. The number of amides is 3. The van der Waals surface area contributed by atoms with Crippen LogP contribution in [0.3, 0.4) is 0 Å². The van der Waals surface area contributed by atoms with E-state index < -0.39 is 65.0 Å². The van der Waals surface area contributed by atoms with Gasteiger partial charge in [0.2, 0.25) is 11.8 Å². The van der Waals surface area contributed by atoms with Crippen LogP contribution >= 0.6 is 11.6 Å². The van der Waals surface area contributed by atoms with E-state index in [1.165, 1.54) is 17.2 Å². The van der Waals surface area contributed by atoms with E-state index in [1.54, 1.807) is 39.0 Å². The summed E-state index contributed by atoms with van der Waals surface area (Å²) in [5, 5.41) is 22.3. The zero-order valence-electron chi connectivity index (χ0n) is 33.2. The molecule has 5 aliphatic rings. The maximum atomic E-state index is 14.7. The normalized spacial score (nSPS) is 28.5. The average molecular weight is 823 g/mol. The minimum atomic E-state index is -1.55. The topological polar surface area (TPSA) is 211 Å². The Morgan fingerprint density at radius 2 is 1.90 bits per heavy atom. The van der Waals surface area contributed by atoms with Gasteiger partial charge in [-0.1, -0.05) is 38.4 Å². The van der Waals surface area contributed by atoms with Crippen molar-refractivity contribution in [1.82, 2.24) is 20.5 Å². The number of anilines is 2. The number of ether oxygens (including phenoxy) is 3. The van der Waals surface area contributed by atoms with E-state index in [0.717, 1.165) is 19.3 Å². The van der Waals surface area contributed by atoms with Gasteiger partial charge in [-0.25, -0.2) is 9.59 Å². The highest BCUT2D eigenvalue weighted by molar-refractivity contribution is 6.35. The van der Waals surface area contributed by atoms with E-state index in [2.05, 4.69) is 32.8 Å². The number of halogens is 1. The lowest BCUT2D eigenvalue weighted by Gasteiger charge is -2.35. The molecule has 3 heterocycles. The molecular weight excluding hydrogens is 772 g/mol. The van der Waals surface area contributed by atoms with Gasteiger partial charge >= 0.3 is 12.1 Å². The fraction of sp³-hybridized carbons (Fsp3) is 0.561. The predicted octanol–water partition coefficient (Wildman–Crippen LogP) is 5.30.